The average Bonchev–Trinajstić information content (AvgIpc) is 1.55. The van der Waals surface area contributed by atoms with Crippen LogP contribution in [-0.2, 0) is 59.2 Å². The van der Waals surface area contributed by atoms with Crippen molar-refractivity contribution in [2.24, 2.45) is 40.3 Å². The first kappa shape index (κ1) is 80.9. The fourth-order valence-electron chi connectivity index (χ4n) is 9.47. The van der Waals surface area contributed by atoms with Crippen molar-refractivity contribution in [1.82, 2.24) is 53.2 Å². The predicted octanol–water partition coefficient (Wildman–Crippen LogP) is -3.66. The molecule has 91 heavy (non-hydrogen) atoms. The van der Waals surface area contributed by atoms with Gasteiger partial charge in [-0.3, -0.25) is 47.9 Å². The van der Waals surface area contributed by atoms with Gasteiger partial charge >= 0.3 is 5.97 Å². The van der Waals surface area contributed by atoms with E-state index >= 15 is 0 Å². The summed E-state index contributed by atoms with van der Waals surface area (Å²) >= 11 is 0. The minimum atomic E-state index is -1.74. The molecule has 30 nitrogen and oxygen atoms in total. The second-order valence-electron chi connectivity index (χ2n) is 23.2. The number of nitrogens with two attached hydrogens (primary N) is 6. The minimum Gasteiger partial charge on any atom is -0.480 e. The Hall–Kier alpha value is -6.23. The maximum atomic E-state index is 14.9. The standard InChI is InChI=1S/C59H104N16O14S2/c1-34(2)30-43-54(83)67-38(20-8-13-25-60)49(78)66-40(22-10-15-27-62)52(81)74-46(59(88)89)33-91-90-32-45(56(85)68-39(21-9-14-26-61)50(79)72-44(55(84)71-43)31-37-18-6-5-7-19-37)73-51(80)41(23-11-16-28-63)70-58(87)48(36(4)77)75-53(82)42(24-12-17-29-64)69-57(86)47(65)35(3)76/h5-7,18-19,34-36,38-48,76-77H,8-17,20-33,60-65H2,1-4H3,(H,66,78)(H,67,83)(H,68,85)(H,69,86)(H,70,87)(H,71,84)(H,72,79)(H,73,80)(H,74,81)(H,75,82)(H,88,89)/t35-,36-,38?,39+,40+,41+,42+,43?,44?,45?,46+,47+,48+/m1/s1. The number of amides is 10. The van der Waals surface area contributed by atoms with E-state index in [2.05, 4.69) is 53.2 Å². The molecule has 1 fully saturated rings. The van der Waals surface area contributed by atoms with Gasteiger partial charge in [0.05, 0.1) is 12.2 Å². The lowest BCUT2D eigenvalue weighted by Crippen LogP contribution is -2.62. The summed E-state index contributed by atoms with van der Waals surface area (Å²) in [7, 11) is 1.79. The van der Waals surface area contributed by atoms with Gasteiger partial charge in [-0.15, -0.1) is 0 Å². The second-order valence-corrected chi connectivity index (χ2v) is 25.7. The van der Waals surface area contributed by atoms with Crippen LogP contribution in [0.3, 0.4) is 0 Å². The highest BCUT2D eigenvalue weighted by atomic mass is 33.1. The zero-order valence-electron chi connectivity index (χ0n) is 53.1. The SMILES string of the molecule is CC(C)CC1NC(=O)C(Cc2ccccc2)NC(=O)[C@H](CCCCN)NC(=O)C(NC(=O)[C@H](CCCCN)NC(=O)[C@@H](NC(=O)[C@H](CCCCN)NC(=O)[C@@H](N)[C@@H](C)O)[C@@H](C)O)CSSC[C@@H](C(=O)O)NC(=O)[C@H](CCCCN)NC(=O)C(CCCCN)NC1=O. The van der Waals surface area contributed by atoms with Crippen molar-refractivity contribution in [3.8, 4) is 0 Å². The summed E-state index contributed by atoms with van der Waals surface area (Å²) in [5.41, 5.74) is 35.4. The van der Waals surface area contributed by atoms with Gasteiger partial charge in [0.15, 0.2) is 0 Å². The molecule has 0 aromatic heterocycles. The minimum absolute atomic E-state index is 0.0234. The van der Waals surface area contributed by atoms with E-state index in [9.17, 15) is 68.1 Å². The van der Waals surface area contributed by atoms with E-state index < -0.39 is 144 Å². The normalized spacial score (nSPS) is 22.2. The van der Waals surface area contributed by atoms with E-state index in [0.29, 0.717) is 56.9 Å². The number of carbonyl (C=O) groups is 11. The summed E-state index contributed by atoms with van der Waals surface area (Å²) < 4.78 is 0. The topological polar surface area (TPSA) is 525 Å². The Balaban J connectivity index is 2.83. The van der Waals surface area contributed by atoms with Crippen LogP contribution in [-0.4, -0.2) is 203 Å². The van der Waals surface area contributed by atoms with Gasteiger partial charge in [0.2, 0.25) is 59.1 Å². The molecule has 0 spiro atoms. The molecular formula is C59H104N16O14S2. The molecule has 1 heterocycles. The van der Waals surface area contributed by atoms with Gasteiger partial charge in [-0.05, 0) is 161 Å². The van der Waals surface area contributed by atoms with Crippen LogP contribution in [0.2, 0.25) is 0 Å². The van der Waals surface area contributed by atoms with Crippen LogP contribution in [0.25, 0.3) is 0 Å². The molecule has 1 aromatic carbocycles. The van der Waals surface area contributed by atoms with Crippen LogP contribution in [0.4, 0.5) is 0 Å². The third-order valence-corrected chi connectivity index (χ3v) is 17.3. The van der Waals surface area contributed by atoms with Crippen LogP contribution in [0.15, 0.2) is 30.3 Å². The predicted molar refractivity (Wildman–Crippen MR) is 347 cm³/mol. The van der Waals surface area contributed by atoms with Crippen molar-refractivity contribution in [2.45, 2.75) is 216 Å². The van der Waals surface area contributed by atoms with E-state index in [1.165, 1.54) is 13.8 Å². The molecule has 25 N–H and O–H groups in total. The van der Waals surface area contributed by atoms with E-state index in [-0.39, 0.29) is 108 Å². The molecule has 13 atom stereocenters. The van der Waals surface area contributed by atoms with Crippen molar-refractivity contribution >= 4 is 86.6 Å². The van der Waals surface area contributed by atoms with Gasteiger partial charge in [0.1, 0.15) is 66.5 Å². The maximum Gasteiger partial charge on any atom is 0.327 e. The first-order valence-corrected chi connectivity index (χ1v) is 34.0. The Morgan fingerprint density at radius 3 is 1.40 bits per heavy atom. The number of unbranched alkanes of at least 4 members (excludes halogenated alkanes) is 5. The molecule has 32 heteroatoms. The van der Waals surface area contributed by atoms with E-state index in [1.807, 2.05) is 13.8 Å². The van der Waals surface area contributed by atoms with E-state index in [0.717, 1.165) is 21.6 Å². The van der Waals surface area contributed by atoms with Gasteiger partial charge in [0.25, 0.3) is 0 Å². The van der Waals surface area contributed by atoms with Crippen LogP contribution >= 0.6 is 21.6 Å². The average molecular weight is 1330 g/mol. The van der Waals surface area contributed by atoms with Crippen LogP contribution in [0, 0.1) is 5.92 Å². The Morgan fingerprint density at radius 1 is 0.505 bits per heavy atom. The maximum absolute atomic E-state index is 14.9. The second kappa shape index (κ2) is 45.1. The quantitative estimate of drug-likeness (QED) is 0.0230. The third-order valence-electron chi connectivity index (χ3n) is 14.8. The smallest absolute Gasteiger partial charge is 0.327 e. The van der Waals surface area contributed by atoms with Crippen molar-refractivity contribution in [3.63, 3.8) is 0 Å². The number of carboxylic acid groups (broad SMARTS) is 1. The molecule has 1 aromatic rings. The summed E-state index contributed by atoms with van der Waals surface area (Å²) in [6.07, 6.45) is 0.750. The fourth-order valence-corrected chi connectivity index (χ4v) is 11.8. The largest absolute Gasteiger partial charge is 0.480 e. The Morgan fingerprint density at radius 2 is 0.923 bits per heavy atom. The molecule has 516 valence electrons. The number of hydrogen-bond donors (Lipinski definition) is 19. The summed E-state index contributed by atoms with van der Waals surface area (Å²) in [5.74, 6) is -11.1. The van der Waals surface area contributed by atoms with Crippen molar-refractivity contribution < 1.29 is 68.1 Å². The highest BCUT2D eigenvalue weighted by Gasteiger charge is 2.38. The molecule has 10 amide bonds. The lowest BCUT2D eigenvalue weighted by Gasteiger charge is -2.29. The van der Waals surface area contributed by atoms with Gasteiger partial charge in [-0.2, -0.15) is 0 Å². The zero-order valence-corrected chi connectivity index (χ0v) is 54.7. The Bertz CT molecular complexity index is 2440. The van der Waals surface area contributed by atoms with Crippen LogP contribution in [0.1, 0.15) is 136 Å². The molecule has 0 aliphatic carbocycles. The van der Waals surface area contributed by atoms with Gasteiger partial charge in [-0.25, -0.2) is 4.79 Å². The van der Waals surface area contributed by atoms with Gasteiger partial charge in [0, 0.05) is 17.9 Å². The van der Waals surface area contributed by atoms with Gasteiger partial charge < -0.3 is 103 Å². The number of aliphatic hydroxyl groups excluding tert-OH is 2. The van der Waals surface area contributed by atoms with Crippen molar-refractivity contribution in [2.75, 3.05) is 44.2 Å². The number of benzene rings is 1. The highest BCUT2D eigenvalue weighted by molar-refractivity contribution is 8.76. The first-order chi connectivity index (χ1) is 43.3. The molecule has 4 unspecified atom stereocenters. The summed E-state index contributed by atoms with van der Waals surface area (Å²) in [6, 6.07) is -7.08. The monoisotopic (exact) mass is 1320 g/mol. The van der Waals surface area contributed by atoms with Crippen molar-refractivity contribution in [1.29, 1.82) is 0 Å². The van der Waals surface area contributed by atoms with Gasteiger partial charge in [-0.1, -0.05) is 65.8 Å². The molecule has 1 aliphatic heterocycles. The Kier molecular flexibility index (Phi) is 40.1. The van der Waals surface area contributed by atoms with Crippen LogP contribution < -0.4 is 87.6 Å². The number of carboxylic acids is 1. The summed E-state index contributed by atoms with van der Waals surface area (Å²) in [4.78, 5) is 156. The molecule has 1 saturated heterocycles. The van der Waals surface area contributed by atoms with Crippen molar-refractivity contribution in [3.05, 3.63) is 35.9 Å². The third kappa shape index (κ3) is 31.3. The van der Waals surface area contributed by atoms with E-state index in [1.54, 1.807) is 30.3 Å². The Labute approximate surface area is 541 Å². The number of hydrogen-bond acceptors (Lipinski definition) is 21. The number of nitrogens with one attached hydrogen (secondary N) is 10. The summed E-state index contributed by atoms with van der Waals surface area (Å²) in [6.45, 7) is 7.27. The first-order valence-electron chi connectivity index (χ1n) is 31.5. The zero-order chi connectivity index (χ0) is 68.0. The fraction of sp³-hybridized carbons (Fsp3) is 0.712. The molecule has 0 radical (unpaired) electrons. The van der Waals surface area contributed by atoms with Crippen LogP contribution in [0.5, 0.6) is 0 Å². The molecule has 1 aliphatic rings. The van der Waals surface area contributed by atoms with E-state index in [4.69, 9.17) is 34.4 Å². The highest BCUT2D eigenvalue weighted by Crippen LogP contribution is 2.24. The number of carbonyl (C=O) groups excluding carboxylic acids is 10. The lowest BCUT2D eigenvalue weighted by atomic mass is 9.99. The number of aliphatic hydroxyl groups is 2. The molecule has 0 saturated carbocycles. The molecule has 2 rings (SSSR count). The number of aliphatic carboxylic acids is 1. The summed E-state index contributed by atoms with van der Waals surface area (Å²) in [5, 5.41) is 57.7. The molecule has 0 bridgehead atoms. The lowest BCUT2D eigenvalue weighted by molar-refractivity contribution is -0.141. The molecular weight excluding hydrogens is 1220 g/mol. The number of rotatable bonds is 35.